The number of ether oxygens (including phenoxy) is 1. The van der Waals surface area contributed by atoms with Crippen LogP contribution >= 0.6 is 31.9 Å². The van der Waals surface area contributed by atoms with E-state index in [2.05, 4.69) is 42.4 Å². The number of amides is 1. The summed E-state index contributed by atoms with van der Waals surface area (Å²) in [7, 11) is 0. The van der Waals surface area contributed by atoms with Crippen LogP contribution < -0.4 is 10.2 Å². The Morgan fingerprint density at radius 1 is 1.30 bits per heavy atom. The van der Waals surface area contributed by atoms with Crippen molar-refractivity contribution < 1.29 is 14.6 Å². The largest absolute Gasteiger partial charge is 0.504 e. The van der Waals surface area contributed by atoms with E-state index in [4.69, 9.17) is 4.74 Å². The third-order valence-corrected chi connectivity index (χ3v) is 3.78. The summed E-state index contributed by atoms with van der Waals surface area (Å²) < 4.78 is 6.87. The molecule has 0 atom stereocenters. The standard InChI is InChI=1S/C16H14Br2N2O3/c1-2-23-14-8-13(18)7-11(15(14)21)9-19-20-16(22)10-4-3-5-12(17)6-10/h3-9,21H,2H2,1H3,(H,20,22). The van der Waals surface area contributed by atoms with Crippen molar-refractivity contribution >= 4 is 44.0 Å². The highest BCUT2D eigenvalue weighted by Crippen LogP contribution is 2.32. The number of hydrogen-bond acceptors (Lipinski definition) is 4. The highest BCUT2D eigenvalue weighted by atomic mass is 79.9. The number of hydrogen-bond donors (Lipinski definition) is 2. The third-order valence-electron chi connectivity index (χ3n) is 2.83. The van der Waals surface area contributed by atoms with Crippen LogP contribution in [-0.4, -0.2) is 23.8 Å². The van der Waals surface area contributed by atoms with Gasteiger partial charge in [0.1, 0.15) is 0 Å². The molecule has 2 rings (SSSR count). The van der Waals surface area contributed by atoms with Gasteiger partial charge < -0.3 is 9.84 Å². The number of rotatable bonds is 5. The first-order valence-corrected chi connectivity index (χ1v) is 8.34. The minimum atomic E-state index is -0.345. The molecule has 0 aliphatic heterocycles. The average molecular weight is 442 g/mol. The maximum absolute atomic E-state index is 12.0. The molecule has 1 amide bonds. The first-order chi connectivity index (χ1) is 11.0. The van der Waals surface area contributed by atoms with Crippen molar-refractivity contribution in [1.82, 2.24) is 5.43 Å². The molecule has 5 nitrogen and oxygen atoms in total. The van der Waals surface area contributed by atoms with Gasteiger partial charge in [-0.05, 0) is 37.3 Å². The van der Waals surface area contributed by atoms with Crippen molar-refractivity contribution in [2.24, 2.45) is 5.10 Å². The minimum Gasteiger partial charge on any atom is -0.504 e. The zero-order valence-electron chi connectivity index (χ0n) is 12.2. The summed E-state index contributed by atoms with van der Waals surface area (Å²) in [5.74, 6) is -0.0285. The number of carbonyl (C=O) groups excluding carboxylic acids is 1. The second-order valence-electron chi connectivity index (χ2n) is 4.48. The summed E-state index contributed by atoms with van der Waals surface area (Å²) in [5, 5.41) is 14.0. The Labute approximate surface area is 150 Å². The Hall–Kier alpha value is -1.86. The monoisotopic (exact) mass is 440 g/mol. The number of phenols is 1. The quantitative estimate of drug-likeness (QED) is 0.542. The Morgan fingerprint density at radius 2 is 2.09 bits per heavy atom. The van der Waals surface area contributed by atoms with E-state index in [1.165, 1.54) is 6.21 Å². The lowest BCUT2D eigenvalue weighted by molar-refractivity contribution is 0.0955. The van der Waals surface area contributed by atoms with Crippen molar-refractivity contribution in [3.05, 3.63) is 56.5 Å². The fraction of sp³-hybridized carbons (Fsp3) is 0.125. The number of hydrazone groups is 1. The molecule has 0 saturated carbocycles. The number of phenolic OH excluding ortho intramolecular Hbond substituents is 1. The van der Waals surface area contributed by atoms with Gasteiger partial charge in [-0.3, -0.25) is 4.79 Å². The van der Waals surface area contributed by atoms with Crippen LogP contribution in [-0.2, 0) is 0 Å². The molecule has 120 valence electrons. The first kappa shape index (κ1) is 17.5. The summed E-state index contributed by atoms with van der Waals surface area (Å²) in [4.78, 5) is 12.0. The maximum Gasteiger partial charge on any atom is 0.271 e. The van der Waals surface area contributed by atoms with E-state index < -0.39 is 0 Å². The molecule has 0 bridgehead atoms. The van der Waals surface area contributed by atoms with Gasteiger partial charge in [0, 0.05) is 20.1 Å². The van der Waals surface area contributed by atoms with Crippen molar-refractivity contribution in [2.45, 2.75) is 6.92 Å². The van der Waals surface area contributed by atoms with Crippen LogP contribution in [0.25, 0.3) is 0 Å². The number of benzene rings is 2. The summed E-state index contributed by atoms with van der Waals surface area (Å²) in [6.45, 7) is 2.26. The Morgan fingerprint density at radius 3 is 2.78 bits per heavy atom. The minimum absolute atomic E-state index is 0.0319. The summed E-state index contributed by atoms with van der Waals surface area (Å²) >= 11 is 6.64. The van der Waals surface area contributed by atoms with E-state index in [1.807, 2.05) is 13.0 Å². The van der Waals surface area contributed by atoms with E-state index in [9.17, 15) is 9.90 Å². The SMILES string of the molecule is CCOc1cc(Br)cc(C=NNC(=O)c2cccc(Br)c2)c1O. The summed E-state index contributed by atoms with van der Waals surface area (Å²) in [6, 6.07) is 10.3. The lowest BCUT2D eigenvalue weighted by Crippen LogP contribution is -2.17. The smallest absolute Gasteiger partial charge is 0.271 e. The summed E-state index contributed by atoms with van der Waals surface area (Å²) in [6.07, 6.45) is 1.36. The topological polar surface area (TPSA) is 70.9 Å². The number of nitrogens with zero attached hydrogens (tertiary/aromatic N) is 1. The zero-order chi connectivity index (χ0) is 16.8. The molecule has 0 aliphatic rings. The number of halogens is 2. The van der Waals surface area contributed by atoms with Gasteiger partial charge in [0.2, 0.25) is 0 Å². The van der Waals surface area contributed by atoms with Crippen molar-refractivity contribution in [2.75, 3.05) is 6.61 Å². The normalized spacial score (nSPS) is 10.7. The van der Waals surface area contributed by atoms with Crippen molar-refractivity contribution in [3.8, 4) is 11.5 Å². The molecule has 2 aromatic carbocycles. The fourth-order valence-electron chi connectivity index (χ4n) is 1.81. The van der Waals surface area contributed by atoms with Crippen molar-refractivity contribution in [3.63, 3.8) is 0 Å². The first-order valence-electron chi connectivity index (χ1n) is 6.75. The number of nitrogens with one attached hydrogen (secondary N) is 1. The highest BCUT2D eigenvalue weighted by molar-refractivity contribution is 9.10. The van der Waals surface area contributed by atoms with Gasteiger partial charge >= 0.3 is 0 Å². The van der Waals surface area contributed by atoms with E-state index >= 15 is 0 Å². The second kappa shape index (κ2) is 8.12. The van der Waals surface area contributed by atoms with E-state index in [0.717, 1.165) is 8.95 Å². The number of aromatic hydroxyl groups is 1. The van der Waals surface area contributed by atoms with Crippen molar-refractivity contribution in [1.29, 1.82) is 0 Å². The molecule has 2 aromatic rings. The molecule has 0 fully saturated rings. The fourth-order valence-corrected chi connectivity index (χ4v) is 2.67. The molecular formula is C16H14Br2N2O3. The predicted octanol–water partition coefficient (Wildman–Crippen LogP) is 4.08. The van der Waals surface area contributed by atoms with Gasteiger partial charge in [0.25, 0.3) is 5.91 Å². The van der Waals surface area contributed by atoms with Crippen LogP contribution in [0.3, 0.4) is 0 Å². The molecule has 0 saturated heterocycles. The molecule has 7 heteroatoms. The molecule has 0 aromatic heterocycles. The molecule has 0 heterocycles. The second-order valence-corrected chi connectivity index (χ2v) is 6.32. The van der Waals surface area contributed by atoms with Crippen LogP contribution in [0.4, 0.5) is 0 Å². The van der Waals surface area contributed by atoms with Gasteiger partial charge in [-0.25, -0.2) is 5.43 Å². The molecule has 23 heavy (non-hydrogen) atoms. The van der Waals surface area contributed by atoms with Crippen LogP contribution in [0.1, 0.15) is 22.8 Å². The predicted molar refractivity (Wildman–Crippen MR) is 96.2 cm³/mol. The van der Waals surface area contributed by atoms with E-state index in [1.54, 1.807) is 30.3 Å². The lowest BCUT2D eigenvalue weighted by atomic mass is 10.2. The van der Waals surface area contributed by atoms with Crippen LogP contribution in [0.5, 0.6) is 11.5 Å². The van der Waals surface area contributed by atoms with Gasteiger partial charge in [-0.2, -0.15) is 5.10 Å². The molecular weight excluding hydrogens is 428 g/mol. The van der Waals surface area contributed by atoms with E-state index in [-0.39, 0.29) is 11.7 Å². The molecule has 2 N–H and O–H groups in total. The van der Waals surface area contributed by atoms with Gasteiger partial charge in [-0.15, -0.1) is 0 Å². The maximum atomic E-state index is 12.0. The summed E-state index contributed by atoms with van der Waals surface area (Å²) in [5.41, 5.74) is 3.32. The zero-order valence-corrected chi connectivity index (χ0v) is 15.4. The molecule has 0 unspecified atom stereocenters. The van der Waals surface area contributed by atoms with Gasteiger partial charge in [-0.1, -0.05) is 37.9 Å². The van der Waals surface area contributed by atoms with E-state index in [0.29, 0.717) is 23.5 Å². The lowest BCUT2D eigenvalue weighted by Gasteiger charge is -2.08. The Balaban J connectivity index is 2.13. The molecule has 0 aliphatic carbocycles. The third kappa shape index (κ3) is 4.80. The van der Waals surface area contributed by atoms with Crippen LogP contribution in [0, 0.1) is 0 Å². The van der Waals surface area contributed by atoms with Gasteiger partial charge in [0.05, 0.1) is 12.8 Å². The van der Waals surface area contributed by atoms with Gasteiger partial charge in [0.15, 0.2) is 11.5 Å². The van der Waals surface area contributed by atoms with Crippen LogP contribution in [0.2, 0.25) is 0 Å². The number of carbonyl (C=O) groups is 1. The highest BCUT2D eigenvalue weighted by Gasteiger charge is 2.09. The Bertz CT molecular complexity index is 748. The molecule has 0 spiro atoms. The molecule has 0 radical (unpaired) electrons. The Kier molecular flexibility index (Phi) is 6.18. The average Bonchev–Trinajstić information content (AvgIpc) is 2.51. The van der Waals surface area contributed by atoms with Crippen LogP contribution in [0.15, 0.2) is 50.4 Å².